The minimum absolute atomic E-state index is 0.244. The van der Waals surface area contributed by atoms with E-state index in [0.717, 1.165) is 15.8 Å². The highest BCUT2D eigenvalue weighted by atomic mass is 32.1. The number of nitrogens with one attached hydrogen (secondary N) is 1. The van der Waals surface area contributed by atoms with Crippen LogP contribution in [-0.2, 0) is 17.9 Å². The van der Waals surface area contributed by atoms with Crippen molar-refractivity contribution < 1.29 is 19.1 Å². The van der Waals surface area contributed by atoms with Gasteiger partial charge in [-0.15, -0.1) is 11.3 Å². The van der Waals surface area contributed by atoms with Crippen molar-refractivity contribution in [1.29, 1.82) is 0 Å². The van der Waals surface area contributed by atoms with Crippen LogP contribution in [0.4, 0.5) is 5.69 Å². The lowest BCUT2D eigenvalue weighted by Crippen LogP contribution is -2.64. The lowest BCUT2D eigenvalue weighted by atomic mass is 9.93. The second-order valence-corrected chi connectivity index (χ2v) is 9.31. The summed E-state index contributed by atoms with van der Waals surface area (Å²) in [6, 6.07) is 18.8. The molecule has 1 N–H and O–H groups in total. The zero-order valence-electron chi connectivity index (χ0n) is 19.2. The van der Waals surface area contributed by atoms with Crippen molar-refractivity contribution in [3.8, 4) is 11.5 Å². The summed E-state index contributed by atoms with van der Waals surface area (Å²) in [5.74, 6) is 0.558. The van der Waals surface area contributed by atoms with Crippen molar-refractivity contribution in [1.82, 2.24) is 9.88 Å². The highest BCUT2D eigenvalue weighted by Crippen LogP contribution is 2.42. The summed E-state index contributed by atoms with van der Waals surface area (Å²) in [4.78, 5) is 30.3. The Labute approximate surface area is 201 Å². The average molecular weight is 476 g/mol. The van der Waals surface area contributed by atoms with E-state index in [0.29, 0.717) is 36.0 Å². The maximum absolute atomic E-state index is 13.9. The van der Waals surface area contributed by atoms with E-state index in [4.69, 9.17) is 9.47 Å². The second-order valence-electron chi connectivity index (χ2n) is 8.42. The molecule has 0 saturated carbocycles. The van der Waals surface area contributed by atoms with Gasteiger partial charge in [0.15, 0.2) is 0 Å². The molecular formula is C26H25N3O4S. The molecular weight excluding hydrogens is 450 g/mol. The molecule has 2 aromatic carbocycles. The first-order valence-electron chi connectivity index (χ1n) is 10.9. The van der Waals surface area contributed by atoms with Gasteiger partial charge in [-0.1, -0.05) is 30.3 Å². The Morgan fingerprint density at radius 2 is 1.88 bits per heavy atom. The highest BCUT2D eigenvalue weighted by molar-refractivity contribution is 7.16. The van der Waals surface area contributed by atoms with Gasteiger partial charge >= 0.3 is 0 Å². The van der Waals surface area contributed by atoms with Gasteiger partial charge < -0.3 is 19.4 Å². The third kappa shape index (κ3) is 3.51. The maximum atomic E-state index is 13.9. The molecule has 4 aromatic rings. The summed E-state index contributed by atoms with van der Waals surface area (Å²) >= 11 is 1.56. The van der Waals surface area contributed by atoms with E-state index in [1.807, 2.05) is 52.4 Å². The van der Waals surface area contributed by atoms with Gasteiger partial charge in [0.2, 0.25) is 5.91 Å². The third-order valence-corrected chi connectivity index (χ3v) is 7.25. The van der Waals surface area contributed by atoms with Crippen molar-refractivity contribution in [2.45, 2.75) is 25.6 Å². The smallest absolute Gasteiger partial charge is 0.276 e. The molecule has 1 aliphatic rings. The Kier molecular flexibility index (Phi) is 5.53. The first-order chi connectivity index (χ1) is 16.5. The van der Waals surface area contributed by atoms with Crippen LogP contribution < -0.4 is 19.7 Å². The molecule has 0 aliphatic carbocycles. The van der Waals surface area contributed by atoms with Crippen LogP contribution in [0.15, 0.2) is 66.0 Å². The predicted molar refractivity (Wildman–Crippen MR) is 133 cm³/mol. The van der Waals surface area contributed by atoms with E-state index in [1.54, 1.807) is 48.5 Å². The Morgan fingerprint density at radius 3 is 2.62 bits per heavy atom. The van der Waals surface area contributed by atoms with Gasteiger partial charge in [-0.05, 0) is 42.1 Å². The van der Waals surface area contributed by atoms with Gasteiger partial charge in [-0.2, -0.15) is 0 Å². The van der Waals surface area contributed by atoms with Gasteiger partial charge in [-0.25, -0.2) is 0 Å². The zero-order valence-corrected chi connectivity index (χ0v) is 20.0. The molecule has 34 heavy (non-hydrogen) atoms. The molecule has 3 heterocycles. The molecule has 174 valence electrons. The molecule has 1 unspecified atom stereocenters. The number of rotatable bonds is 6. The predicted octanol–water partition coefficient (Wildman–Crippen LogP) is 4.46. The van der Waals surface area contributed by atoms with Crippen LogP contribution in [0.1, 0.15) is 23.0 Å². The van der Waals surface area contributed by atoms with Crippen molar-refractivity contribution in [2.75, 3.05) is 19.1 Å². The molecule has 0 radical (unpaired) electrons. The summed E-state index contributed by atoms with van der Waals surface area (Å²) in [6.45, 7) is 2.48. The number of hydrogen-bond acceptors (Lipinski definition) is 5. The normalized spacial score (nSPS) is 17.5. The maximum Gasteiger partial charge on any atom is 0.276 e. The van der Waals surface area contributed by atoms with Crippen molar-refractivity contribution >= 4 is 39.1 Å². The quantitative estimate of drug-likeness (QED) is 0.447. The number of ether oxygens (including phenoxy) is 2. The van der Waals surface area contributed by atoms with E-state index in [-0.39, 0.29) is 11.8 Å². The Balaban J connectivity index is 1.61. The van der Waals surface area contributed by atoms with Gasteiger partial charge in [0.05, 0.1) is 26.5 Å². The van der Waals surface area contributed by atoms with Crippen molar-refractivity contribution in [3.63, 3.8) is 0 Å². The molecule has 8 heteroatoms. The van der Waals surface area contributed by atoms with Crippen LogP contribution in [-0.4, -0.2) is 36.1 Å². The van der Waals surface area contributed by atoms with Crippen LogP contribution in [0, 0.1) is 0 Å². The molecule has 5 rings (SSSR count). The van der Waals surface area contributed by atoms with E-state index in [1.165, 1.54) is 7.11 Å². The van der Waals surface area contributed by atoms with Crippen molar-refractivity contribution in [2.24, 2.45) is 0 Å². The number of anilines is 1. The largest absolute Gasteiger partial charge is 0.497 e. The fourth-order valence-electron chi connectivity index (χ4n) is 4.51. The zero-order chi connectivity index (χ0) is 23.9. The number of benzene rings is 2. The number of hydrogen-bond donors (Lipinski definition) is 1. The SMILES string of the molecule is COc1ccc(N2C(=O)c3cc4ccsc4n3CC2(C)C(=O)NCc2ccccc2)c(OC)c1. The minimum atomic E-state index is -1.20. The Morgan fingerprint density at radius 1 is 1.09 bits per heavy atom. The molecule has 7 nitrogen and oxygen atoms in total. The molecule has 2 amide bonds. The monoisotopic (exact) mass is 475 g/mol. The van der Waals surface area contributed by atoms with E-state index < -0.39 is 5.54 Å². The van der Waals surface area contributed by atoms with Crippen LogP contribution in [0.5, 0.6) is 11.5 Å². The van der Waals surface area contributed by atoms with Gasteiger partial charge in [0, 0.05) is 18.0 Å². The fraction of sp³-hybridized carbons (Fsp3) is 0.231. The van der Waals surface area contributed by atoms with Crippen molar-refractivity contribution in [3.05, 3.63) is 77.3 Å². The minimum Gasteiger partial charge on any atom is -0.497 e. The topological polar surface area (TPSA) is 72.8 Å². The summed E-state index contributed by atoms with van der Waals surface area (Å²) in [5.41, 5.74) is 0.850. The lowest BCUT2D eigenvalue weighted by molar-refractivity contribution is -0.126. The first kappa shape index (κ1) is 22.0. The lowest BCUT2D eigenvalue weighted by Gasteiger charge is -2.44. The van der Waals surface area contributed by atoms with Gasteiger partial charge in [0.25, 0.3) is 5.91 Å². The summed E-state index contributed by atoms with van der Waals surface area (Å²) in [7, 11) is 3.11. The third-order valence-electron chi connectivity index (χ3n) is 6.30. The summed E-state index contributed by atoms with van der Waals surface area (Å²) in [5, 5.41) is 6.03. The van der Waals surface area contributed by atoms with E-state index in [9.17, 15) is 9.59 Å². The summed E-state index contributed by atoms with van der Waals surface area (Å²) < 4.78 is 12.9. The van der Waals surface area contributed by atoms with Crippen LogP contribution >= 0.6 is 11.3 Å². The molecule has 1 atom stereocenters. The average Bonchev–Trinajstić information content (AvgIpc) is 3.46. The molecule has 2 aromatic heterocycles. The highest BCUT2D eigenvalue weighted by Gasteiger charge is 2.49. The number of fused-ring (bicyclic) bond motifs is 3. The number of nitrogens with zero attached hydrogens (tertiary/aromatic N) is 2. The summed E-state index contributed by atoms with van der Waals surface area (Å²) in [6.07, 6.45) is 0. The number of aromatic nitrogens is 1. The van der Waals surface area contributed by atoms with Crippen LogP contribution in [0.2, 0.25) is 0 Å². The standard InChI is InChI=1S/C26H25N3O4S/c1-26(25(31)27-15-17-7-5-4-6-8-17)16-28-21(13-18-11-12-34-24(18)28)23(30)29(26)20-10-9-19(32-2)14-22(20)33-3/h4-14H,15-16H2,1-3H3,(H,27,31). The number of carbonyl (C=O) groups excluding carboxylic acids is 2. The second kappa shape index (κ2) is 8.53. The number of thiophene rings is 1. The molecule has 0 fully saturated rings. The Bertz CT molecular complexity index is 1380. The molecule has 0 spiro atoms. The number of amides is 2. The fourth-order valence-corrected chi connectivity index (χ4v) is 5.41. The number of carbonyl (C=O) groups is 2. The molecule has 0 bridgehead atoms. The number of methoxy groups -OCH3 is 2. The van der Waals surface area contributed by atoms with E-state index in [2.05, 4.69) is 5.32 Å². The molecule has 0 saturated heterocycles. The van der Waals surface area contributed by atoms with Gasteiger partial charge in [0.1, 0.15) is 27.6 Å². The van der Waals surface area contributed by atoms with Crippen LogP contribution in [0.3, 0.4) is 0 Å². The van der Waals surface area contributed by atoms with E-state index >= 15 is 0 Å². The molecule has 1 aliphatic heterocycles. The van der Waals surface area contributed by atoms with Gasteiger partial charge in [-0.3, -0.25) is 14.5 Å². The Hall–Kier alpha value is -3.78. The van der Waals surface area contributed by atoms with Crippen LogP contribution in [0.25, 0.3) is 10.2 Å². The first-order valence-corrected chi connectivity index (χ1v) is 11.8.